The second kappa shape index (κ2) is 4.21. The van der Waals surface area contributed by atoms with Crippen molar-refractivity contribution in [3.05, 3.63) is 23.0 Å². The Morgan fingerprint density at radius 2 is 2.13 bits per heavy atom. The molecule has 0 unspecified atom stereocenters. The van der Waals surface area contributed by atoms with Crippen molar-refractivity contribution in [2.45, 2.75) is 39.5 Å². The fourth-order valence-corrected chi connectivity index (χ4v) is 2.35. The van der Waals surface area contributed by atoms with Gasteiger partial charge in [0.25, 0.3) is 0 Å². The van der Waals surface area contributed by atoms with Gasteiger partial charge in [-0.3, -0.25) is 4.98 Å². The molecular weight excluding hydrogens is 184 g/mol. The molecular formula is C13H20N2. The van der Waals surface area contributed by atoms with Crippen LogP contribution in [0.1, 0.15) is 37.2 Å². The zero-order chi connectivity index (χ0) is 10.8. The van der Waals surface area contributed by atoms with Gasteiger partial charge in [-0.15, -0.1) is 0 Å². The van der Waals surface area contributed by atoms with E-state index in [-0.39, 0.29) is 0 Å². The lowest BCUT2D eigenvalue weighted by molar-refractivity contribution is 0.715. The van der Waals surface area contributed by atoms with Gasteiger partial charge in [0, 0.05) is 19.3 Å². The van der Waals surface area contributed by atoms with Crippen LogP contribution >= 0.6 is 0 Å². The monoisotopic (exact) mass is 204 g/mol. The minimum atomic E-state index is 1.06. The molecule has 0 saturated carbocycles. The first-order chi connectivity index (χ1) is 7.26. The van der Waals surface area contributed by atoms with E-state index in [0.29, 0.717) is 0 Å². The SMILES string of the molecule is CCc1cc2c(nc1CC)CCCN2C. The molecule has 0 aliphatic carbocycles. The molecule has 0 saturated heterocycles. The maximum absolute atomic E-state index is 4.81. The van der Waals surface area contributed by atoms with Gasteiger partial charge in [-0.2, -0.15) is 0 Å². The molecule has 0 atom stereocenters. The third-order valence-electron chi connectivity index (χ3n) is 3.28. The molecule has 0 bridgehead atoms. The molecule has 2 rings (SSSR count). The molecule has 1 aliphatic heterocycles. The highest BCUT2D eigenvalue weighted by Crippen LogP contribution is 2.27. The summed E-state index contributed by atoms with van der Waals surface area (Å²) in [5.74, 6) is 0. The molecule has 0 radical (unpaired) electrons. The third-order valence-corrected chi connectivity index (χ3v) is 3.28. The molecule has 0 spiro atoms. The summed E-state index contributed by atoms with van der Waals surface area (Å²) >= 11 is 0. The van der Waals surface area contributed by atoms with Crippen molar-refractivity contribution < 1.29 is 0 Å². The second-order valence-electron chi connectivity index (χ2n) is 4.29. The summed E-state index contributed by atoms with van der Waals surface area (Å²) in [6, 6.07) is 2.35. The van der Waals surface area contributed by atoms with Crippen LogP contribution in [0, 0.1) is 0 Å². The van der Waals surface area contributed by atoms with Gasteiger partial charge in [-0.05, 0) is 37.3 Å². The molecule has 2 heteroatoms. The van der Waals surface area contributed by atoms with E-state index in [1.165, 1.54) is 35.6 Å². The first-order valence-corrected chi connectivity index (χ1v) is 5.99. The van der Waals surface area contributed by atoms with Crippen LogP contribution < -0.4 is 4.90 Å². The van der Waals surface area contributed by atoms with Gasteiger partial charge >= 0.3 is 0 Å². The second-order valence-corrected chi connectivity index (χ2v) is 4.29. The summed E-state index contributed by atoms with van der Waals surface area (Å²) in [5.41, 5.74) is 5.38. The van der Waals surface area contributed by atoms with Crippen molar-refractivity contribution in [1.82, 2.24) is 4.98 Å². The minimum absolute atomic E-state index is 1.06. The number of rotatable bonds is 2. The van der Waals surface area contributed by atoms with Gasteiger partial charge in [-0.25, -0.2) is 0 Å². The molecule has 1 aromatic rings. The van der Waals surface area contributed by atoms with E-state index in [1.54, 1.807) is 0 Å². The highest BCUT2D eigenvalue weighted by Gasteiger charge is 2.16. The summed E-state index contributed by atoms with van der Waals surface area (Å²) < 4.78 is 0. The lowest BCUT2D eigenvalue weighted by Gasteiger charge is -2.28. The summed E-state index contributed by atoms with van der Waals surface area (Å²) in [6.45, 7) is 5.58. The number of hydrogen-bond acceptors (Lipinski definition) is 2. The quantitative estimate of drug-likeness (QED) is 0.736. The van der Waals surface area contributed by atoms with Crippen molar-refractivity contribution in [1.29, 1.82) is 0 Å². The van der Waals surface area contributed by atoms with Gasteiger partial charge in [0.15, 0.2) is 0 Å². The Labute approximate surface area is 92.3 Å². The number of aromatic nitrogens is 1. The number of fused-ring (bicyclic) bond motifs is 1. The average Bonchev–Trinajstić information content (AvgIpc) is 2.28. The summed E-state index contributed by atoms with van der Waals surface area (Å²) in [4.78, 5) is 7.15. The van der Waals surface area contributed by atoms with Crippen LogP contribution in [0.5, 0.6) is 0 Å². The molecule has 0 aromatic carbocycles. The zero-order valence-corrected chi connectivity index (χ0v) is 10.0. The minimum Gasteiger partial charge on any atom is -0.373 e. The van der Waals surface area contributed by atoms with Crippen LogP contribution in [0.2, 0.25) is 0 Å². The third kappa shape index (κ3) is 1.85. The van der Waals surface area contributed by atoms with Gasteiger partial charge < -0.3 is 4.90 Å². The predicted molar refractivity (Wildman–Crippen MR) is 64.6 cm³/mol. The van der Waals surface area contributed by atoms with E-state index >= 15 is 0 Å². The first kappa shape index (κ1) is 10.5. The molecule has 0 N–H and O–H groups in total. The Balaban J connectivity index is 2.48. The van der Waals surface area contributed by atoms with E-state index in [1.807, 2.05) is 0 Å². The van der Waals surface area contributed by atoms with Crippen LogP contribution in [0.4, 0.5) is 5.69 Å². The Morgan fingerprint density at radius 1 is 1.33 bits per heavy atom. The maximum Gasteiger partial charge on any atom is 0.0640 e. The van der Waals surface area contributed by atoms with Crippen LogP contribution in [0.15, 0.2) is 6.07 Å². The predicted octanol–water partition coefficient (Wildman–Crippen LogP) is 2.59. The zero-order valence-electron chi connectivity index (χ0n) is 10.0. The van der Waals surface area contributed by atoms with Crippen LogP contribution in [0.3, 0.4) is 0 Å². The summed E-state index contributed by atoms with van der Waals surface area (Å²) in [6.07, 6.45) is 4.54. The fraction of sp³-hybridized carbons (Fsp3) is 0.615. The molecule has 1 aliphatic rings. The van der Waals surface area contributed by atoms with E-state index < -0.39 is 0 Å². The fourth-order valence-electron chi connectivity index (χ4n) is 2.35. The molecule has 1 aromatic heterocycles. The van der Waals surface area contributed by atoms with Crippen molar-refractivity contribution in [3.63, 3.8) is 0 Å². The van der Waals surface area contributed by atoms with Crippen LogP contribution in [-0.2, 0) is 19.3 Å². The van der Waals surface area contributed by atoms with Crippen LogP contribution in [-0.4, -0.2) is 18.6 Å². The number of pyridine rings is 1. The van der Waals surface area contributed by atoms with Crippen molar-refractivity contribution in [3.8, 4) is 0 Å². The number of anilines is 1. The lowest BCUT2D eigenvalue weighted by Crippen LogP contribution is -2.26. The van der Waals surface area contributed by atoms with Gasteiger partial charge in [0.05, 0.1) is 11.4 Å². The van der Waals surface area contributed by atoms with Gasteiger partial charge in [-0.1, -0.05) is 13.8 Å². The van der Waals surface area contributed by atoms with E-state index in [4.69, 9.17) is 4.98 Å². The normalized spacial score (nSPS) is 15.3. The molecule has 0 amide bonds. The van der Waals surface area contributed by atoms with Gasteiger partial charge in [0.1, 0.15) is 0 Å². The van der Waals surface area contributed by atoms with Crippen molar-refractivity contribution in [2.75, 3.05) is 18.5 Å². The number of nitrogens with zero attached hydrogens (tertiary/aromatic N) is 2. The van der Waals surface area contributed by atoms with Crippen molar-refractivity contribution in [2.24, 2.45) is 0 Å². The topological polar surface area (TPSA) is 16.1 Å². The highest BCUT2D eigenvalue weighted by atomic mass is 15.1. The largest absolute Gasteiger partial charge is 0.373 e. The molecule has 15 heavy (non-hydrogen) atoms. The highest BCUT2D eigenvalue weighted by molar-refractivity contribution is 5.54. The Bertz CT molecular complexity index is 358. The smallest absolute Gasteiger partial charge is 0.0640 e. The maximum atomic E-state index is 4.81. The first-order valence-electron chi connectivity index (χ1n) is 5.99. The number of aryl methyl sites for hydroxylation is 3. The molecule has 0 fully saturated rings. The van der Waals surface area contributed by atoms with Crippen molar-refractivity contribution >= 4 is 5.69 Å². The molecule has 82 valence electrons. The Kier molecular flexibility index (Phi) is 2.94. The van der Waals surface area contributed by atoms with E-state index in [0.717, 1.165) is 19.3 Å². The Morgan fingerprint density at radius 3 is 2.80 bits per heavy atom. The lowest BCUT2D eigenvalue weighted by atomic mass is 10.0. The summed E-state index contributed by atoms with van der Waals surface area (Å²) in [5, 5.41) is 0. The summed E-state index contributed by atoms with van der Waals surface area (Å²) in [7, 11) is 2.17. The Hall–Kier alpha value is -1.05. The number of hydrogen-bond donors (Lipinski definition) is 0. The average molecular weight is 204 g/mol. The van der Waals surface area contributed by atoms with E-state index in [9.17, 15) is 0 Å². The standard InChI is InChI=1S/C13H20N2/c1-4-10-9-13-12(14-11(10)5-2)7-6-8-15(13)3/h9H,4-8H2,1-3H3. The van der Waals surface area contributed by atoms with Crippen LogP contribution in [0.25, 0.3) is 0 Å². The van der Waals surface area contributed by atoms with E-state index in [2.05, 4.69) is 31.9 Å². The molecule has 2 nitrogen and oxygen atoms in total. The van der Waals surface area contributed by atoms with Gasteiger partial charge in [0.2, 0.25) is 0 Å². The molecule has 2 heterocycles.